The standard InChI is InChI=1S/C23H22O6/c1-14(2)9-10-27-17-6-7-18-21(12-17)28-13-19(23(18)25)16-5-8-20(26-4)22(11-16)29-15(3)24/h5-9,11-13H,10H2,1-4H3. The Morgan fingerprint density at radius 3 is 2.55 bits per heavy atom. The Bertz CT molecular complexity index is 1140. The van der Waals surface area contributed by atoms with Gasteiger partial charge in [-0.1, -0.05) is 11.6 Å². The summed E-state index contributed by atoms with van der Waals surface area (Å²) in [5, 5.41) is 0.432. The van der Waals surface area contributed by atoms with Crippen molar-refractivity contribution in [2.45, 2.75) is 20.8 Å². The number of allylic oxidation sites excluding steroid dienone is 1. The second kappa shape index (κ2) is 8.65. The number of rotatable bonds is 6. The first-order valence-corrected chi connectivity index (χ1v) is 9.07. The minimum Gasteiger partial charge on any atom is -0.493 e. The van der Waals surface area contributed by atoms with E-state index < -0.39 is 5.97 Å². The van der Waals surface area contributed by atoms with Gasteiger partial charge in [-0.25, -0.2) is 0 Å². The molecule has 0 aliphatic heterocycles. The molecule has 0 atom stereocenters. The number of esters is 1. The van der Waals surface area contributed by atoms with Gasteiger partial charge in [0.25, 0.3) is 0 Å². The summed E-state index contributed by atoms with van der Waals surface area (Å²) in [4.78, 5) is 24.3. The van der Waals surface area contributed by atoms with E-state index in [2.05, 4.69) is 0 Å². The fourth-order valence-electron chi connectivity index (χ4n) is 2.78. The first-order chi connectivity index (χ1) is 13.9. The van der Waals surface area contributed by atoms with Crippen LogP contribution in [0.1, 0.15) is 20.8 Å². The third-order valence-corrected chi connectivity index (χ3v) is 4.22. The maximum atomic E-state index is 13.0. The highest BCUT2D eigenvalue weighted by Crippen LogP contribution is 2.32. The van der Waals surface area contributed by atoms with E-state index in [1.807, 2.05) is 19.9 Å². The predicted octanol–water partition coefficient (Wildman–Crippen LogP) is 4.74. The zero-order valence-electron chi connectivity index (χ0n) is 16.8. The Kier molecular flexibility index (Phi) is 6.02. The fourth-order valence-corrected chi connectivity index (χ4v) is 2.78. The molecule has 0 aliphatic carbocycles. The van der Waals surface area contributed by atoms with Gasteiger partial charge in [-0.3, -0.25) is 9.59 Å². The number of methoxy groups -OCH3 is 1. The zero-order valence-corrected chi connectivity index (χ0v) is 16.8. The second-order valence-electron chi connectivity index (χ2n) is 6.69. The molecule has 0 fully saturated rings. The molecule has 0 spiro atoms. The van der Waals surface area contributed by atoms with Gasteiger partial charge in [0, 0.05) is 13.0 Å². The van der Waals surface area contributed by atoms with Crippen molar-refractivity contribution in [3.63, 3.8) is 0 Å². The molecule has 0 bridgehead atoms. The molecule has 0 aliphatic rings. The molecular formula is C23H22O6. The van der Waals surface area contributed by atoms with Gasteiger partial charge < -0.3 is 18.6 Å². The highest BCUT2D eigenvalue weighted by molar-refractivity contribution is 5.83. The van der Waals surface area contributed by atoms with E-state index in [9.17, 15) is 9.59 Å². The van der Waals surface area contributed by atoms with Gasteiger partial charge in [0.05, 0.1) is 18.1 Å². The van der Waals surface area contributed by atoms with Crippen molar-refractivity contribution in [1.29, 1.82) is 0 Å². The quantitative estimate of drug-likeness (QED) is 0.342. The van der Waals surface area contributed by atoms with Crippen LogP contribution in [0.15, 0.2) is 63.5 Å². The predicted molar refractivity (Wildman–Crippen MR) is 111 cm³/mol. The molecule has 0 saturated heterocycles. The molecule has 0 N–H and O–H groups in total. The lowest BCUT2D eigenvalue weighted by molar-refractivity contribution is -0.132. The topological polar surface area (TPSA) is 75.0 Å². The summed E-state index contributed by atoms with van der Waals surface area (Å²) in [6.45, 7) is 5.74. The van der Waals surface area contributed by atoms with Crippen LogP contribution in [0.3, 0.4) is 0 Å². The number of ether oxygens (including phenoxy) is 3. The molecule has 0 saturated carbocycles. The lowest BCUT2D eigenvalue weighted by atomic mass is 10.0. The molecular weight excluding hydrogens is 372 g/mol. The monoisotopic (exact) mass is 394 g/mol. The highest BCUT2D eigenvalue weighted by atomic mass is 16.6. The van der Waals surface area contributed by atoms with E-state index in [1.54, 1.807) is 36.4 Å². The van der Waals surface area contributed by atoms with Crippen molar-refractivity contribution in [1.82, 2.24) is 0 Å². The molecule has 3 rings (SSSR count). The molecule has 1 aromatic heterocycles. The Morgan fingerprint density at radius 1 is 1.07 bits per heavy atom. The molecule has 6 heteroatoms. The maximum Gasteiger partial charge on any atom is 0.308 e. The number of carbonyl (C=O) groups excluding carboxylic acids is 1. The molecule has 1 heterocycles. The van der Waals surface area contributed by atoms with Crippen LogP contribution >= 0.6 is 0 Å². The summed E-state index contributed by atoms with van der Waals surface area (Å²) in [6.07, 6.45) is 3.36. The van der Waals surface area contributed by atoms with E-state index in [0.29, 0.717) is 40.2 Å². The molecule has 2 aromatic carbocycles. The van der Waals surface area contributed by atoms with Crippen LogP contribution in [-0.2, 0) is 4.79 Å². The minimum atomic E-state index is -0.480. The van der Waals surface area contributed by atoms with Crippen molar-refractivity contribution < 1.29 is 23.4 Å². The van der Waals surface area contributed by atoms with E-state index in [0.717, 1.165) is 5.57 Å². The summed E-state index contributed by atoms with van der Waals surface area (Å²) in [7, 11) is 1.48. The first kappa shape index (κ1) is 20.2. The number of hydrogen-bond donors (Lipinski definition) is 0. The van der Waals surface area contributed by atoms with Gasteiger partial charge in [-0.05, 0) is 49.8 Å². The maximum absolute atomic E-state index is 13.0. The van der Waals surface area contributed by atoms with Crippen molar-refractivity contribution in [3.05, 3.63) is 64.5 Å². The Morgan fingerprint density at radius 2 is 1.86 bits per heavy atom. The number of benzene rings is 2. The van der Waals surface area contributed by atoms with Gasteiger partial charge in [0.1, 0.15) is 24.2 Å². The van der Waals surface area contributed by atoms with Gasteiger partial charge in [-0.15, -0.1) is 0 Å². The van der Waals surface area contributed by atoms with Crippen molar-refractivity contribution >= 4 is 16.9 Å². The van der Waals surface area contributed by atoms with Crippen LogP contribution in [0, 0.1) is 0 Å². The van der Waals surface area contributed by atoms with Crippen LogP contribution in [-0.4, -0.2) is 19.7 Å². The van der Waals surface area contributed by atoms with Crippen LogP contribution < -0.4 is 19.6 Å². The zero-order chi connectivity index (χ0) is 21.0. The van der Waals surface area contributed by atoms with Crippen molar-refractivity contribution in [3.8, 4) is 28.4 Å². The van der Waals surface area contributed by atoms with Crippen LogP contribution in [0.25, 0.3) is 22.1 Å². The molecule has 0 unspecified atom stereocenters. The number of carbonyl (C=O) groups is 1. The largest absolute Gasteiger partial charge is 0.493 e. The SMILES string of the molecule is COc1ccc(-c2coc3cc(OCC=C(C)C)ccc3c2=O)cc1OC(C)=O. The van der Waals surface area contributed by atoms with Gasteiger partial charge in [0.2, 0.25) is 0 Å². The van der Waals surface area contributed by atoms with Crippen LogP contribution in [0.4, 0.5) is 0 Å². The summed E-state index contributed by atoms with van der Waals surface area (Å²) in [6, 6.07) is 10.0. The average molecular weight is 394 g/mol. The van der Waals surface area contributed by atoms with E-state index >= 15 is 0 Å². The average Bonchev–Trinajstić information content (AvgIpc) is 2.67. The summed E-state index contributed by atoms with van der Waals surface area (Å²) >= 11 is 0. The summed E-state index contributed by atoms with van der Waals surface area (Å²) < 4.78 is 21.7. The Labute approximate surface area is 168 Å². The fraction of sp³-hybridized carbons (Fsp3) is 0.217. The van der Waals surface area contributed by atoms with E-state index in [-0.39, 0.29) is 11.2 Å². The molecule has 0 radical (unpaired) electrons. The van der Waals surface area contributed by atoms with Gasteiger partial charge in [-0.2, -0.15) is 0 Å². The van der Waals surface area contributed by atoms with Gasteiger partial charge >= 0.3 is 5.97 Å². The molecule has 3 aromatic rings. The number of hydrogen-bond acceptors (Lipinski definition) is 6. The van der Waals surface area contributed by atoms with Gasteiger partial charge in [0.15, 0.2) is 16.9 Å². The molecule has 0 amide bonds. The molecule has 29 heavy (non-hydrogen) atoms. The van der Waals surface area contributed by atoms with E-state index in [4.69, 9.17) is 18.6 Å². The normalized spacial score (nSPS) is 10.5. The van der Waals surface area contributed by atoms with Crippen LogP contribution in [0.2, 0.25) is 0 Å². The third-order valence-electron chi connectivity index (χ3n) is 4.22. The molecule has 6 nitrogen and oxygen atoms in total. The smallest absolute Gasteiger partial charge is 0.308 e. The van der Waals surface area contributed by atoms with Crippen LogP contribution in [0.5, 0.6) is 17.2 Å². The van der Waals surface area contributed by atoms with Crippen molar-refractivity contribution in [2.24, 2.45) is 0 Å². The molecule has 150 valence electrons. The summed E-state index contributed by atoms with van der Waals surface area (Å²) in [5.74, 6) is 0.770. The highest BCUT2D eigenvalue weighted by Gasteiger charge is 2.14. The van der Waals surface area contributed by atoms with E-state index in [1.165, 1.54) is 20.3 Å². The lowest BCUT2D eigenvalue weighted by Crippen LogP contribution is -2.06. The lowest BCUT2D eigenvalue weighted by Gasteiger charge is -2.10. The minimum absolute atomic E-state index is 0.193. The Balaban J connectivity index is 1.99. The van der Waals surface area contributed by atoms with Crippen molar-refractivity contribution in [2.75, 3.05) is 13.7 Å². The Hall–Kier alpha value is -3.54. The number of fused-ring (bicyclic) bond motifs is 1. The second-order valence-corrected chi connectivity index (χ2v) is 6.69. The third kappa shape index (κ3) is 4.66. The first-order valence-electron chi connectivity index (χ1n) is 9.07. The summed E-state index contributed by atoms with van der Waals surface area (Å²) in [5.41, 5.74) is 2.31.